The zero-order valence-electron chi connectivity index (χ0n) is 15.6. The molecule has 1 aliphatic rings. The summed E-state index contributed by atoms with van der Waals surface area (Å²) in [4.78, 5) is 16.6. The van der Waals surface area contributed by atoms with Crippen LogP contribution >= 0.6 is 11.6 Å². The van der Waals surface area contributed by atoms with Gasteiger partial charge in [-0.15, -0.1) is 0 Å². The Kier molecular flexibility index (Phi) is 5.72. The number of hydrogen-bond donors (Lipinski definition) is 1. The molecule has 1 aliphatic heterocycles. The predicted molar refractivity (Wildman–Crippen MR) is 110 cm³/mol. The molecule has 0 unspecified atom stereocenters. The lowest BCUT2D eigenvalue weighted by Gasteiger charge is -2.36. The number of nitrogens with one attached hydrogen (secondary N) is 1. The molecule has 2 aromatic rings. The normalized spacial score (nSPS) is 14.7. The van der Waals surface area contributed by atoms with Gasteiger partial charge in [0.05, 0.1) is 0 Å². The Morgan fingerprint density at radius 2 is 1.69 bits per heavy atom. The Balaban J connectivity index is 1.55. The first-order valence-electron chi connectivity index (χ1n) is 9.11. The number of aryl methyl sites for hydroxylation is 1. The highest BCUT2D eigenvalue weighted by molar-refractivity contribution is 6.31. The third-order valence-electron chi connectivity index (χ3n) is 4.92. The molecule has 4 nitrogen and oxygen atoms in total. The summed E-state index contributed by atoms with van der Waals surface area (Å²) in [5.74, 6) is 0.489. The van der Waals surface area contributed by atoms with E-state index in [2.05, 4.69) is 42.3 Å². The van der Waals surface area contributed by atoms with Crippen molar-refractivity contribution in [2.24, 2.45) is 0 Å². The van der Waals surface area contributed by atoms with Gasteiger partial charge in [-0.1, -0.05) is 43.6 Å². The number of hydrogen-bond acceptors (Lipinski definition) is 2. The van der Waals surface area contributed by atoms with Gasteiger partial charge in [0.1, 0.15) is 0 Å². The molecule has 1 N–H and O–H groups in total. The molecule has 5 heteroatoms. The topological polar surface area (TPSA) is 35.6 Å². The van der Waals surface area contributed by atoms with Gasteiger partial charge in [0.15, 0.2) is 0 Å². The van der Waals surface area contributed by atoms with Gasteiger partial charge < -0.3 is 15.1 Å². The molecule has 1 saturated heterocycles. The first-order chi connectivity index (χ1) is 12.4. The lowest BCUT2D eigenvalue weighted by molar-refractivity contribution is 0.208. The fraction of sp³-hybridized carbons (Fsp3) is 0.381. The molecule has 26 heavy (non-hydrogen) atoms. The fourth-order valence-corrected chi connectivity index (χ4v) is 3.27. The molecule has 0 radical (unpaired) electrons. The summed E-state index contributed by atoms with van der Waals surface area (Å²) >= 11 is 6.23. The maximum atomic E-state index is 12.5. The van der Waals surface area contributed by atoms with Crippen LogP contribution in [0.3, 0.4) is 0 Å². The molecule has 2 amide bonds. The Bertz CT molecular complexity index is 765. The minimum Gasteiger partial charge on any atom is -0.368 e. The van der Waals surface area contributed by atoms with Crippen molar-refractivity contribution in [1.29, 1.82) is 0 Å². The Morgan fingerprint density at radius 1 is 1.04 bits per heavy atom. The Hall–Kier alpha value is -2.20. The monoisotopic (exact) mass is 371 g/mol. The van der Waals surface area contributed by atoms with Crippen molar-refractivity contribution < 1.29 is 4.79 Å². The van der Waals surface area contributed by atoms with E-state index in [-0.39, 0.29) is 6.03 Å². The van der Waals surface area contributed by atoms with Crippen LogP contribution in [0, 0.1) is 6.92 Å². The smallest absolute Gasteiger partial charge is 0.321 e. The van der Waals surface area contributed by atoms with Crippen molar-refractivity contribution in [1.82, 2.24) is 4.90 Å². The molecular weight excluding hydrogens is 346 g/mol. The van der Waals surface area contributed by atoms with E-state index < -0.39 is 0 Å². The average Bonchev–Trinajstić information content (AvgIpc) is 2.64. The second-order valence-electron chi connectivity index (χ2n) is 7.11. The number of carbonyl (C=O) groups is 1. The minimum absolute atomic E-state index is 0.0381. The highest BCUT2D eigenvalue weighted by Gasteiger charge is 2.21. The van der Waals surface area contributed by atoms with Crippen LogP contribution in [0.25, 0.3) is 0 Å². The van der Waals surface area contributed by atoms with Gasteiger partial charge in [0, 0.05) is 42.6 Å². The van der Waals surface area contributed by atoms with E-state index in [0.29, 0.717) is 19.0 Å². The largest absolute Gasteiger partial charge is 0.368 e. The van der Waals surface area contributed by atoms with Crippen molar-refractivity contribution in [2.45, 2.75) is 26.7 Å². The van der Waals surface area contributed by atoms with E-state index in [1.807, 2.05) is 36.1 Å². The highest BCUT2D eigenvalue weighted by atomic mass is 35.5. The number of amides is 2. The molecule has 3 rings (SSSR count). The van der Waals surface area contributed by atoms with Gasteiger partial charge in [-0.05, 0) is 48.2 Å². The van der Waals surface area contributed by atoms with Crippen LogP contribution in [0.15, 0.2) is 42.5 Å². The molecule has 138 valence electrons. The number of rotatable bonds is 3. The van der Waals surface area contributed by atoms with E-state index in [4.69, 9.17) is 11.6 Å². The number of piperazine rings is 1. The second kappa shape index (κ2) is 8.00. The van der Waals surface area contributed by atoms with Gasteiger partial charge in [-0.25, -0.2) is 4.79 Å². The highest BCUT2D eigenvalue weighted by Crippen LogP contribution is 2.24. The van der Waals surface area contributed by atoms with E-state index in [9.17, 15) is 4.79 Å². The first-order valence-corrected chi connectivity index (χ1v) is 9.49. The zero-order chi connectivity index (χ0) is 18.7. The first kappa shape index (κ1) is 18.6. The summed E-state index contributed by atoms with van der Waals surface area (Å²) in [5, 5.41) is 3.78. The molecule has 0 aliphatic carbocycles. The zero-order valence-corrected chi connectivity index (χ0v) is 16.4. The molecule has 0 saturated carbocycles. The van der Waals surface area contributed by atoms with E-state index in [0.717, 1.165) is 35.1 Å². The molecule has 1 fully saturated rings. The van der Waals surface area contributed by atoms with Crippen LogP contribution in [0.2, 0.25) is 5.02 Å². The fourth-order valence-electron chi connectivity index (χ4n) is 3.10. The van der Waals surface area contributed by atoms with Gasteiger partial charge >= 0.3 is 6.03 Å². The minimum atomic E-state index is -0.0381. The van der Waals surface area contributed by atoms with Crippen LogP contribution in [0.1, 0.15) is 30.9 Å². The second-order valence-corrected chi connectivity index (χ2v) is 7.52. The summed E-state index contributed by atoms with van der Waals surface area (Å²) in [6, 6.07) is 14.2. The Morgan fingerprint density at radius 3 is 2.27 bits per heavy atom. The maximum absolute atomic E-state index is 12.5. The lowest BCUT2D eigenvalue weighted by Crippen LogP contribution is -2.50. The van der Waals surface area contributed by atoms with E-state index in [1.165, 1.54) is 5.56 Å². The SMILES string of the molecule is Cc1ccc(N2CCN(C(=O)Nc3ccc(C(C)C)cc3)CC2)cc1Cl. The average molecular weight is 372 g/mol. The van der Waals surface area contributed by atoms with Crippen LogP contribution < -0.4 is 10.2 Å². The van der Waals surface area contributed by atoms with Crippen molar-refractivity contribution in [3.05, 3.63) is 58.6 Å². The van der Waals surface area contributed by atoms with Crippen molar-refractivity contribution >= 4 is 29.0 Å². The van der Waals surface area contributed by atoms with Gasteiger partial charge in [-0.3, -0.25) is 0 Å². The summed E-state index contributed by atoms with van der Waals surface area (Å²) in [5.41, 5.74) is 4.31. The van der Waals surface area contributed by atoms with Crippen LogP contribution in [0.5, 0.6) is 0 Å². The third kappa shape index (κ3) is 4.31. The number of urea groups is 1. The summed E-state index contributed by atoms with van der Waals surface area (Å²) in [6.07, 6.45) is 0. The van der Waals surface area contributed by atoms with Gasteiger partial charge in [0.25, 0.3) is 0 Å². The van der Waals surface area contributed by atoms with Crippen LogP contribution in [-0.2, 0) is 0 Å². The Labute approximate surface area is 160 Å². The third-order valence-corrected chi connectivity index (χ3v) is 5.32. The summed E-state index contributed by atoms with van der Waals surface area (Å²) in [7, 11) is 0. The quantitative estimate of drug-likeness (QED) is 0.812. The molecule has 0 spiro atoms. The molecule has 0 aromatic heterocycles. The van der Waals surface area contributed by atoms with Gasteiger partial charge in [0.2, 0.25) is 0 Å². The number of anilines is 2. The molecule has 2 aromatic carbocycles. The number of benzene rings is 2. The summed E-state index contributed by atoms with van der Waals surface area (Å²) < 4.78 is 0. The predicted octanol–water partition coefficient (Wildman–Crippen LogP) is 5.13. The van der Waals surface area contributed by atoms with Crippen molar-refractivity contribution in [3.63, 3.8) is 0 Å². The van der Waals surface area contributed by atoms with Crippen LogP contribution in [0.4, 0.5) is 16.2 Å². The molecule has 0 atom stereocenters. The number of carbonyl (C=O) groups excluding carboxylic acids is 1. The lowest BCUT2D eigenvalue weighted by atomic mass is 10.0. The molecular formula is C21H26ClN3O. The molecule has 0 bridgehead atoms. The van der Waals surface area contributed by atoms with E-state index >= 15 is 0 Å². The van der Waals surface area contributed by atoms with Crippen molar-refractivity contribution in [3.8, 4) is 0 Å². The molecule has 1 heterocycles. The van der Waals surface area contributed by atoms with E-state index in [1.54, 1.807) is 0 Å². The number of halogens is 1. The maximum Gasteiger partial charge on any atom is 0.321 e. The van der Waals surface area contributed by atoms with Crippen LogP contribution in [-0.4, -0.2) is 37.1 Å². The summed E-state index contributed by atoms with van der Waals surface area (Å²) in [6.45, 7) is 9.33. The van der Waals surface area contributed by atoms with Gasteiger partial charge in [-0.2, -0.15) is 0 Å². The van der Waals surface area contributed by atoms with Crippen molar-refractivity contribution in [2.75, 3.05) is 36.4 Å². The number of nitrogens with zero attached hydrogens (tertiary/aromatic N) is 2. The standard InChI is InChI=1S/C21H26ClN3O/c1-15(2)17-5-7-18(8-6-17)23-21(26)25-12-10-24(11-13-25)19-9-4-16(3)20(22)14-19/h4-9,14-15H,10-13H2,1-3H3,(H,23,26).